The number of pyridine rings is 1. The molecule has 3 aliphatic rings. The van der Waals surface area contributed by atoms with Crippen LogP contribution in [-0.4, -0.2) is 13.1 Å². The fraction of sp³-hybridized carbons (Fsp3) is 0. The van der Waals surface area contributed by atoms with Crippen LogP contribution in [0.1, 0.15) is 0 Å². The van der Waals surface area contributed by atoms with E-state index in [0.29, 0.717) is 0 Å². The monoisotopic (exact) mass is 802 g/mol. The van der Waals surface area contributed by atoms with Crippen LogP contribution in [0.2, 0.25) is 0 Å². The molecule has 1 atom stereocenters. The molecule has 0 saturated heterocycles. The molecule has 2 nitrogen and oxygen atoms in total. The lowest BCUT2D eigenvalue weighted by atomic mass is 9.95. The molecule has 1 spiro atoms. The van der Waals surface area contributed by atoms with E-state index >= 15 is 0 Å². The molecule has 3 heteroatoms. The second-order valence-electron chi connectivity index (χ2n) is 16.5. The van der Waals surface area contributed by atoms with Crippen molar-refractivity contribution >= 4 is 45.9 Å². The van der Waals surface area contributed by atoms with E-state index in [0.717, 1.165) is 22.5 Å². The highest BCUT2D eigenvalue weighted by molar-refractivity contribution is 7.25. The van der Waals surface area contributed by atoms with E-state index in [1.807, 2.05) is 0 Å². The molecular weight excluding hydrogens is 765 g/mol. The lowest BCUT2D eigenvalue weighted by molar-refractivity contribution is 1.31. The highest BCUT2D eigenvalue weighted by Crippen LogP contribution is 2.52. The molecule has 10 aromatic rings. The summed E-state index contributed by atoms with van der Waals surface area (Å²) in [6.07, 6.45) is 0. The molecule has 0 fully saturated rings. The number of para-hydroxylation sites is 2. The molecular formula is C59H38N2Si. The number of anilines is 3. The Morgan fingerprint density at radius 2 is 0.661 bits per heavy atom. The largest absolute Gasteiger partial charge is 0.309 e. The van der Waals surface area contributed by atoms with Gasteiger partial charge in [0.05, 0.1) is 22.8 Å². The summed E-state index contributed by atoms with van der Waals surface area (Å²) < 4.78 is 0. The molecule has 0 bridgehead atoms. The number of aromatic nitrogens is 1. The Bertz CT molecular complexity index is 3290. The van der Waals surface area contributed by atoms with Gasteiger partial charge in [-0.1, -0.05) is 200 Å². The maximum Gasteiger partial charge on any atom is 0.185 e. The molecule has 0 amide bonds. The third kappa shape index (κ3) is 4.88. The molecule has 4 heterocycles. The maximum absolute atomic E-state index is 5.34. The van der Waals surface area contributed by atoms with Crippen LogP contribution in [0.5, 0.6) is 0 Å². The van der Waals surface area contributed by atoms with Gasteiger partial charge in [-0.25, -0.2) is 4.98 Å². The van der Waals surface area contributed by atoms with Gasteiger partial charge in [-0.2, -0.15) is 0 Å². The zero-order valence-electron chi connectivity index (χ0n) is 33.8. The topological polar surface area (TPSA) is 16.1 Å². The molecule has 9 aromatic carbocycles. The van der Waals surface area contributed by atoms with Crippen molar-refractivity contribution < 1.29 is 0 Å². The van der Waals surface area contributed by atoms with Gasteiger partial charge in [0.1, 0.15) is 0 Å². The van der Waals surface area contributed by atoms with Crippen molar-refractivity contribution in [3.05, 3.63) is 231 Å². The minimum atomic E-state index is -3.10. The molecule has 3 aliphatic heterocycles. The number of hydrogen-bond donors (Lipinski definition) is 0. The Labute approximate surface area is 362 Å². The number of fused-ring (bicyclic) bond motifs is 15. The van der Waals surface area contributed by atoms with E-state index in [1.54, 1.807) is 0 Å². The van der Waals surface area contributed by atoms with Crippen LogP contribution < -0.4 is 25.6 Å². The first kappa shape index (κ1) is 35.0. The summed E-state index contributed by atoms with van der Waals surface area (Å²) in [4.78, 5) is 7.94. The number of hydrogen-bond acceptors (Lipinski definition) is 2. The van der Waals surface area contributed by atoms with Crippen LogP contribution in [0.15, 0.2) is 231 Å². The summed E-state index contributed by atoms with van der Waals surface area (Å²) in [5.41, 5.74) is 20.5. The summed E-state index contributed by atoms with van der Waals surface area (Å²) >= 11 is 0. The Kier molecular flexibility index (Phi) is 7.66. The first-order chi connectivity index (χ1) is 30.8. The van der Waals surface area contributed by atoms with Crippen molar-refractivity contribution in [2.24, 2.45) is 0 Å². The molecule has 288 valence electrons. The van der Waals surface area contributed by atoms with Gasteiger partial charge in [0.15, 0.2) is 8.07 Å². The van der Waals surface area contributed by atoms with Gasteiger partial charge < -0.3 is 4.90 Å². The van der Waals surface area contributed by atoms with Crippen molar-refractivity contribution in [1.82, 2.24) is 4.98 Å². The van der Waals surface area contributed by atoms with Gasteiger partial charge in [0.2, 0.25) is 0 Å². The van der Waals surface area contributed by atoms with Gasteiger partial charge in [0, 0.05) is 27.9 Å². The molecule has 0 saturated carbocycles. The molecule has 62 heavy (non-hydrogen) atoms. The summed E-state index contributed by atoms with van der Waals surface area (Å²) in [7, 11) is -3.10. The Hall–Kier alpha value is -7.85. The van der Waals surface area contributed by atoms with Crippen LogP contribution in [0.25, 0.3) is 78.1 Å². The van der Waals surface area contributed by atoms with Crippen LogP contribution in [0.4, 0.5) is 17.1 Å². The van der Waals surface area contributed by atoms with Crippen LogP contribution in [0.3, 0.4) is 0 Å². The van der Waals surface area contributed by atoms with Crippen LogP contribution in [-0.2, 0) is 0 Å². The van der Waals surface area contributed by atoms with Crippen molar-refractivity contribution in [3.8, 4) is 78.1 Å². The van der Waals surface area contributed by atoms with Crippen molar-refractivity contribution in [2.75, 3.05) is 4.90 Å². The predicted molar refractivity (Wildman–Crippen MR) is 261 cm³/mol. The second kappa shape index (κ2) is 13.6. The smallest absolute Gasteiger partial charge is 0.185 e. The van der Waals surface area contributed by atoms with Crippen molar-refractivity contribution in [3.63, 3.8) is 0 Å². The standard InChI is InChI=1S/C59H38N2Si/c1-3-19-39(20-4-1)51-37-41(38-52(60-51)40-21-5-2-6-22-40)42-29-17-30-49-47-27-11-15-35-56(47)62(58(42)49)57-36-16-12-28-48(57)50-31-18-34-55(59(50)62)61-53-32-13-9-25-45(53)43-23-7-8-24-44(43)46-26-10-14-33-54(46)61/h1-38H. The quantitative estimate of drug-likeness (QED) is 0.165. The fourth-order valence-corrected chi connectivity index (χ4v) is 17.0. The molecule has 1 aromatic heterocycles. The fourth-order valence-electron chi connectivity index (χ4n) is 11.0. The average Bonchev–Trinajstić information content (AvgIpc) is 3.78. The number of nitrogens with zero attached hydrogens (tertiary/aromatic N) is 2. The Morgan fingerprint density at radius 1 is 0.274 bits per heavy atom. The molecule has 0 N–H and O–H groups in total. The van der Waals surface area contributed by atoms with E-state index in [1.165, 1.54) is 93.4 Å². The van der Waals surface area contributed by atoms with E-state index < -0.39 is 8.07 Å². The molecule has 0 radical (unpaired) electrons. The molecule has 1 unspecified atom stereocenters. The van der Waals surface area contributed by atoms with Gasteiger partial charge in [-0.05, 0) is 95.6 Å². The highest BCUT2D eigenvalue weighted by Gasteiger charge is 2.56. The third-order valence-corrected chi connectivity index (χ3v) is 18.5. The lowest BCUT2D eigenvalue weighted by Gasteiger charge is -2.35. The zero-order chi connectivity index (χ0) is 40.8. The Balaban J connectivity index is 1.16. The summed E-state index contributed by atoms with van der Waals surface area (Å²) in [5.74, 6) is 0. The van der Waals surface area contributed by atoms with Gasteiger partial charge in [-0.3, -0.25) is 0 Å². The number of rotatable bonds is 4. The Morgan fingerprint density at radius 3 is 1.21 bits per heavy atom. The van der Waals surface area contributed by atoms with Gasteiger partial charge in [0.25, 0.3) is 0 Å². The van der Waals surface area contributed by atoms with Crippen LogP contribution >= 0.6 is 0 Å². The maximum atomic E-state index is 5.34. The summed E-state index contributed by atoms with van der Waals surface area (Å²) in [6, 6.07) is 85.6. The first-order valence-corrected chi connectivity index (χ1v) is 23.5. The summed E-state index contributed by atoms with van der Waals surface area (Å²) in [5, 5.41) is 5.78. The normalized spacial score (nSPS) is 14.8. The third-order valence-electron chi connectivity index (χ3n) is 13.4. The minimum absolute atomic E-state index is 0.969. The van der Waals surface area contributed by atoms with Gasteiger partial charge >= 0.3 is 0 Å². The zero-order valence-corrected chi connectivity index (χ0v) is 34.8. The first-order valence-electron chi connectivity index (χ1n) is 21.5. The van der Waals surface area contributed by atoms with Gasteiger partial charge in [-0.15, -0.1) is 0 Å². The lowest BCUT2D eigenvalue weighted by Crippen LogP contribution is -2.71. The SMILES string of the molecule is c1ccc(-c2cc(-c3cccc4c3[Si]3(c5ccccc5-4)c4ccccc4-c4cccc(N5c6ccccc6-c6ccccc6-c6ccccc65)c43)cc(-c3ccccc3)n2)cc1. The van der Waals surface area contributed by atoms with E-state index in [-0.39, 0.29) is 0 Å². The van der Waals surface area contributed by atoms with Crippen molar-refractivity contribution in [2.45, 2.75) is 0 Å². The molecule has 13 rings (SSSR count). The minimum Gasteiger partial charge on any atom is -0.309 e. The number of benzene rings is 9. The highest BCUT2D eigenvalue weighted by atomic mass is 28.3. The van der Waals surface area contributed by atoms with Crippen LogP contribution in [0, 0.1) is 0 Å². The molecule has 0 aliphatic carbocycles. The van der Waals surface area contributed by atoms with Crippen molar-refractivity contribution in [1.29, 1.82) is 0 Å². The van der Waals surface area contributed by atoms with E-state index in [4.69, 9.17) is 4.98 Å². The second-order valence-corrected chi connectivity index (χ2v) is 20.1. The van der Waals surface area contributed by atoms with E-state index in [2.05, 4.69) is 235 Å². The van der Waals surface area contributed by atoms with E-state index in [9.17, 15) is 0 Å². The predicted octanol–water partition coefficient (Wildman–Crippen LogP) is 12.5. The average molecular weight is 803 g/mol. The summed E-state index contributed by atoms with van der Waals surface area (Å²) in [6.45, 7) is 0.